The molecule has 1 aromatic rings. The Morgan fingerprint density at radius 3 is 2.71 bits per heavy atom. The molecule has 2 rings (SSSR count). The van der Waals surface area contributed by atoms with Crippen molar-refractivity contribution in [2.75, 3.05) is 12.3 Å². The van der Waals surface area contributed by atoms with Gasteiger partial charge in [0, 0.05) is 22.3 Å². The van der Waals surface area contributed by atoms with Crippen molar-refractivity contribution in [1.29, 1.82) is 0 Å². The van der Waals surface area contributed by atoms with Crippen LogP contribution in [0.1, 0.15) is 37.7 Å². The van der Waals surface area contributed by atoms with Gasteiger partial charge in [0.15, 0.2) is 0 Å². The molecule has 1 aliphatic rings. The van der Waals surface area contributed by atoms with Crippen LogP contribution in [-0.2, 0) is 11.3 Å². The van der Waals surface area contributed by atoms with Gasteiger partial charge in [-0.3, -0.25) is 0 Å². The average molecular weight is 298 g/mol. The van der Waals surface area contributed by atoms with Gasteiger partial charge in [0.05, 0.1) is 6.61 Å². The Hall–Kier alpha value is -0.540. The summed E-state index contributed by atoms with van der Waals surface area (Å²) in [5, 5.41) is 0. The number of anilines is 1. The van der Waals surface area contributed by atoms with E-state index in [0.717, 1.165) is 28.2 Å². The number of benzene rings is 1. The summed E-state index contributed by atoms with van der Waals surface area (Å²) in [7, 11) is 0. The van der Waals surface area contributed by atoms with Gasteiger partial charge >= 0.3 is 0 Å². The van der Waals surface area contributed by atoms with Gasteiger partial charge in [0.1, 0.15) is 0 Å². The molecule has 2 N–H and O–H groups in total. The highest BCUT2D eigenvalue weighted by molar-refractivity contribution is 9.10. The van der Waals surface area contributed by atoms with E-state index in [0.29, 0.717) is 6.61 Å². The van der Waals surface area contributed by atoms with Crippen LogP contribution in [0.5, 0.6) is 0 Å². The molecule has 1 aliphatic carbocycles. The summed E-state index contributed by atoms with van der Waals surface area (Å²) in [5.74, 6) is 0.757. The van der Waals surface area contributed by atoms with Crippen LogP contribution < -0.4 is 5.73 Å². The van der Waals surface area contributed by atoms with Crippen molar-refractivity contribution in [3.63, 3.8) is 0 Å². The van der Waals surface area contributed by atoms with Gasteiger partial charge in [-0.05, 0) is 30.9 Å². The molecule has 0 radical (unpaired) electrons. The van der Waals surface area contributed by atoms with Crippen LogP contribution in [0.25, 0.3) is 0 Å². The summed E-state index contributed by atoms with van der Waals surface area (Å²) < 4.78 is 6.85. The van der Waals surface area contributed by atoms with E-state index in [1.165, 1.54) is 32.1 Å². The quantitative estimate of drug-likeness (QED) is 0.848. The fraction of sp³-hybridized carbons (Fsp3) is 0.571. The molecule has 0 atom stereocenters. The van der Waals surface area contributed by atoms with Gasteiger partial charge in [0.2, 0.25) is 0 Å². The number of halogens is 1. The predicted octanol–water partition coefficient (Wildman–Crippen LogP) is 4.13. The third kappa shape index (κ3) is 3.71. The van der Waals surface area contributed by atoms with E-state index in [4.69, 9.17) is 10.5 Å². The summed E-state index contributed by atoms with van der Waals surface area (Å²) in [6.07, 6.45) is 6.78. The van der Waals surface area contributed by atoms with Crippen LogP contribution >= 0.6 is 15.9 Å². The number of hydrogen-bond donors (Lipinski definition) is 1. The molecule has 2 nitrogen and oxygen atoms in total. The van der Waals surface area contributed by atoms with E-state index in [1.54, 1.807) is 0 Å². The third-order valence-electron chi connectivity index (χ3n) is 3.48. The monoisotopic (exact) mass is 297 g/mol. The molecule has 94 valence electrons. The number of rotatable bonds is 4. The Balaban J connectivity index is 1.81. The van der Waals surface area contributed by atoms with Crippen LogP contribution in [0.3, 0.4) is 0 Å². The van der Waals surface area contributed by atoms with Crippen molar-refractivity contribution in [3.8, 4) is 0 Å². The standard InChI is InChI=1S/C14H20BrNO/c15-13-7-4-8-14(16)12(13)10-17-9-11-5-2-1-3-6-11/h4,7-8,11H,1-3,5-6,9-10,16H2. The van der Waals surface area contributed by atoms with E-state index < -0.39 is 0 Å². The molecule has 0 spiro atoms. The van der Waals surface area contributed by atoms with Crippen LogP contribution in [0, 0.1) is 5.92 Å². The Morgan fingerprint density at radius 1 is 1.24 bits per heavy atom. The molecule has 0 unspecified atom stereocenters. The zero-order valence-electron chi connectivity index (χ0n) is 10.1. The summed E-state index contributed by atoms with van der Waals surface area (Å²) in [5.41, 5.74) is 7.81. The Bertz CT molecular complexity index is 341. The minimum atomic E-state index is 0.615. The van der Waals surface area contributed by atoms with E-state index in [2.05, 4.69) is 15.9 Å². The van der Waals surface area contributed by atoms with Gasteiger partial charge < -0.3 is 10.5 Å². The smallest absolute Gasteiger partial charge is 0.0748 e. The molecular formula is C14H20BrNO. The summed E-state index contributed by atoms with van der Waals surface area (Å²) in [6, 6.07) is 5.88. The maximum Gasteiger partial charge on any atom is 0.0748 e. The molecule has 0 aromatic heterocycles. The lowest BCUT2D eigenvalue weighted by Gasteiger charge is -2.21. The van der Waals surface area contributed by atoms with Gasteiger partial charge in [-0.2, -0.15) is 0 Å². The number of nitrogens with two attached hydrogens (primary N) is 1. The van der Waals surface area contributed by atoms with Crippen molar-refractivity contribution >= 4 is 21.6 Å². The number of ether oxygens (including phenoxy) is 1. The van der Waals surface area contributed by atoms with E-state index in [-0.39, 0.29) is 0 Å². The van der Waals surface area contributed by atoms with Crippen molar-refractivity contribution in [1.82, 2.24) is 0 Å². The molecule has 0 aliphatic heterocycles. The third-order valence-corrected chi connectivity index (χ3v) is 4.22. The normalized spacial score (nSPS) is 17.2. The molecule has 1 aromatic carbocycles. The van der Waals surface area contributed by atoms with Crippen LogP contribution in [0.4, 0.5) is 5.69 Å². The van der Waals surface area contributed by atoms with Crippen molar-refractivity contribution in [2.45, 2.75) is 38.7 Å². The second-order valence-electron chi connectivity index (χ2n) is 4.83. The minimum absolute atomic E-state index is 0.615. The number of nitrogen functional groups attached to an aromatic ring is 1. The maximum atomic E-state index is 5.93. The highest BCUT2D eigenvalue weighted by Gasteiger charge is 2.13. The molecular weight excluding hydrogens is 278 g/mol. The zero-order chi connectivity index (χ0) is 12.1. The van der Waals surface area contributed by atoms with Crippen molar-refractivity contribution in [3.05, 3.63) is 28.2 Å². The van der Waals surface area contributed by atoms with Crippen molar-refractivity contribution < 1.29 is 4.74 Å². The Kier molecular flexibility index (Phi) is 4.86. The van der Waals surface area contributed by atoms with E-state index >= 15 is 0 Å². The van der Waals surface area contributed by atoms with E-state index in [9.17, 15) is 0 Å². The van der Waals surface area contributed by atoms with E-state index in [1.807, 2.05) is 18.2 Å². The van der Waals surface area contributed by atoms with Gasteiger partial charge in [-0.15, -0.1) is 0 Å². The SMILES string of the molecule is Nc1cccc(Br)c1COCC1CCCCC1. The van der Waals surface area contributed by atoms with Gasteiger partial charge in [0.25, 0.3) is 0 Å². The zero-order valence-corrected chi connectivity index (χ0v) is 11.7. The molecule has 0 bridgehead atoms. The first-order valence-electron chi connectivity index (χ1n) is 6.38. The topological polar surface area (TPSA) is 35.2 Å². The average Bonchev–Trinajstić information content (AvgIpc) is 2.34. The highest BCUT2D eigenvalue weighted by Crippen LogP contribution is 2.26. The second-order valence-corrected chi connectivity index (χ2v) is 5.68. The summed E-state index contributed by atoms with van der Waals surface area (Å²) in [4.78, 5) is 0. The first-order chi connectivity index (χ1) is 8.27. The van der Waals surface area contributed by atoms with Gasteiger partial charge in [-0.1, -0.05) is 41.3 Å². The Labute approximate surface area is 112 Å². The van der Waals surface area contributed by atoms with Crippen LogP contribution in [0.15, 0.2) is 22.7 Å². The molecule has 1 saturated carbocycles. The first-order valence-corrected chi connectivity index (χ1v) is 7.17. The first kappa shape index (κ1) is 12.9. The molecule has 3 heteroatoms. The van der Waals surface area contributed by atoms with Crippen LogP contribution in [0.2, 0.25) is 0 Å². The van der Waals surface area contributed by atoms with Gasteiger partial charge in [-0.25, -0.2) is 0 Å². The molecule has 17 heavy (non-hydrogen) atoms. The minimum Gasteiger partial charge on any atom is -0.398 e. The molecule has 0 heterocycles. The lowest BCUT2D eigenvalue weighted by molar-refractivity contribution is 0.0739. The highest BCUT2D eigenvalue weighted by atomic mass is 79.9. The molecule has 0 amide bonds. The largest absolute Gasteiger partial charge is 0.398 e. The lowest BCUT2D eigenvalue weighted by atomic mass is 9.90. The summed E-state index contributed by atoms with van der Waals surface area (Å²) in [6.45, 7) is 1.49. The van der Waals surface area contributed by atoms with Crippen molar-refractivity contribution in [2.24, 2.45) is 5.92 Å². The lowest BCUT2D eigenvalue weighted by Crippen LogP contribution is -2.13. The fourth-order valence-corrected chi connectivity index (χ4v) is 2.91. The maximum absolute atomic E-state index is 5.93. The Morgan fingerprint density at radius 2 is 2.00 bits per heavy atom. The molecule has 0 saturated heterocycles. The van der Waals surface area contributed by atoms with Crippen LogP contribution in [-0.4, -0.2) is 6.61 Å². The number of hydrogen-bond acceptors (Lipinski definition) is 2. The summed E-state index contributed by atoms with van der Waals surface area (Å²) >= 11 is 3.51. The predicted molar refractivity (Wildman–Crippen MR) is 74.8 cm³/mol. The second kappa shape index (κ2) is 6.41. The molecule has 1 fully saturated rings. The fourth-order valence-electron chi connectivity index (χ4n) is 2.41.